The third-order valence-electron chi connectivity index (χ3n) is 4.99. The van der Waals surface area contributed by atoms with Crippen LogP contribution >= 0.6 is 11.6 Å². The van der Waals surface area contributed by atoms with Crippen molar-refractivity contribution < 1.29 is 23.0 Å². The second kappa shape index (κ2) is 8.70. The van der Waals surface area contributed by atoms with E-state index >= 15 is 0 Å². The maximum absolute atomic E-state index is 13.9. The highest BCUT2D eigenvalue weighted by Crippen LogP contribution is 2.38. The summed E-state index contributed by atoms with van der Waals surface area (Å²) in [5.41, 5.74) is -1.02. The monoisotopic (exact) mass is 433 g/mol. The molecule has 1 aromatic carbocycles. The summed E-state index contributed by atoms with van der Waals surface area (Å²) in [5, 5.41) is 0.308. The highest BCUT2D eigenvalue weighted by atomic mass is 35.5. The average Bonchev–Trinajstić information content (AvgIpc) is 2.75. The lowest BCUT2D eigenvalue weighted by Gasteiger charge is -2.32. The van der Waals surface area contributed by atoms with E-state index in [1.807, 2.05) is 48.5 Å². The van der Waals surface area contributed by atoms with E-state index in [0.717, 1.165) is 0 Å². The van der Waals surface area contributed by atoms with Crippen LogP contribution in [0.15, 0.2) is 18.2 Å². The molecular formula is C19H30BClFNO4S. The second-order valence-corrected chi connectivity index (χ2v) is 11.4. The fourth-order valence-electron chi connectivity index (χ4n) is 2.51. The van der Waals surface area contributed by atoms with Gasteiger partial charge in [-0.25, -0.2) is 4.39 Å². The van der Waals surface area contributed by atoms with Crippen LogP contribution in [-0.4, -0.2) is 40.2 Å². The van der Waals surface area contributed by atoms with Gasteiger partial charge in [0, 0.05) is 16.4 Å². The van der Waals surface area contributed by atoms with Gasteiger partial charge in [-0.15, -0.1) is 4.72 Å². The molecule has 1 saturated heterocycles. The van der Waals surface area contributed by atoms with Crippen LogP contribution in [0.25, 0.3) is 0 Å². The van der Waals surface area contributed by atoms with Gasteiger partial charge in [0.2, 0.25) is 0 Å². The Labute approximate surface area is 176 Å². The van der Waals surface area contributed by atoms with Gasteiger partial charge in [0.1, 0.15) is 4.75 Å². The molecule has 2 unspecified atom stereocenters. The molecule has 5 nitrogen and oxygen atoms in total. The molecule has 0 spiro atoms. The van der Waals surface area contributed by atoms with Gasteiger partial charge >= 0.3 is 7.12 Å². The van der Waals surface area contributed by atoms with Gasteiger partial charge in [-0.2, -0.15) is 0 Å². The number of hydrogen-bond acceptors (Lipinski definition) is 5. The van der Waals surface area contributed by atoms with Crippen LogP contribution in [0.2, 0.25) is 5.02 Å². The second-order valence-electron chi connectivity index (χ2n) is 8.94. The molecule has 1 fully saturated rings. The summed E-state index contributed by atoms with van der Waals surface area (Å²) in [6.07, 6.45) is 0.417. The average molecular weight is 434 g/mol. The standard InChI is InChI=1S/C19H30BClFNO4S/c1-17(2,3)28(24)23-16(20-26-18(4,5)19(6,7)27-20)10-11-25-15-9-8-13(21)12-14(15)22/h8-9,12,16,23H,10-11H2,1-7H3. The van der Waals surface area contributed by atoms with Gasteiger partial charge in [-0.1, -0.05) is 11.6 Å². The van der Waals surface area contributed by atoms with E-state index in [1.54, 1.807) is 6.07 Å². The number of benzene rings is 1. The van der Waals surface area contributed by atoms with Crippen molar-refractivity contribution in [2.75, 3.05) is 6.61 Å². The van der Waals surface area contributed by atoms with Crippen LogP contribution in [0.3, 0.4) is 0 Å². The minimum absolute atomic E-state index is 0.119. The van der Waals surface area contributed by atoms with Crippen molar-refractivity contribution >= 4 is 30.1 Å². The lowest BCUT2D eigenvalue weighted by molar-refractivity contribution is 0.00578. The number of halogens is 2. The molecule has 9 heteroatoms. The molecule has 2 rings (SSSR count). The molecule has 0 radical (unpaired) electrons. The van der Waals surface area contributed by atoms with Crippen LogP contribution < -0.4 is 9.46 Å². The van der Waals surface area contributed by atoms with E-state index in [4.69, 9.17) is 25.6 Å². The zero-order valence-corrected chi connectivity index (χ0v) is 19.2. The first-order chi connectivity index (χ1) is 12.7. The van der Waals surface area contributed by atoms with Crippen molar-refractivity contribution in [3.8, 4) is 5.75 Å². The van der Waals surface area contributed by atoms with E-state index in [0.29, 0.717) is 11.4 Å². The highest BCUT2D eigenvalue weighted by Gasteiger charge is 2.55. The predicted molar refractivity (Wildman–Crippen MR) is 112 cm³/mol. The SMILES string of the molecule is CC(C)(C)[S+]([O-])NC(CCOc1ccc(Cl)cc1F)B1OC(C)(C)C(C)(C)O1. The Morgan fingerprint density at radius 1 is 1.25 bits per heavy atom. The molecule has 28 heavy (non-hydrogen) atoms. The fraction of sp³-hybridized carbons (Fsp3) is 0.684. The van der Waals surface area contributed by atoms with Crippen LogP contribution in [0, 0.1) is 5.82 Å². The summed E-state index contributed by atoms with van der Waals surface area (Å²) < 4.78 is 47.0. The molecular weight excluding hydrogens is 404 g/mol. The minimum Gasteiger partial charge on any atom is -0.598 e. The van der Waals surface area contributed by atoms with Gasteiger partial charge in [0.25, 0.3) is 0 Å². The van der Waals surface area contributed by atoms with E-state index in [-0.39, 0.29) is 12.4 Å². The van der Waals surface area contributed by atoms with Crippen LogP contribution in [-0.2, 0) is 20.7 Å². The highest BCUT2D eigenvalue weighted by molar-refractivity contribution is 7.90. The first-order valence-electron chi connectivity index (χ1n) is 9.34. The summed E-state index contributed by atoms with van der Waals surface area (Å²) in [6, 6.07) is 4.26. The van der Waals surface area contributed by atoms with E-state index < -0.39 is 46.2 Å². The zero-order valence-electron chi connectivity index (χ0n) is 17.6. The van der Waals surface area contributed by atoms with Crippen molar-refractivity contribution in [1.29, 1.82) is 0 Å². The Kier molecular flexibility index (Phi) is 7.38. The lowest BCUT2D eigenvalue weighted by Crippen LogP contribution is -2.52. The molecule has 1 aliphatic rings. The molecule has 0 bridgehead atoms. The first-order valence-corrected chi connectivity index (χ1v) is 10.9. The minimum atomic E-state index is -1.33. The Morgan fingerprint density at radius 3 is 2.32 bits per heavy atom. The van der Waals surface area contributed by atoms with Crippen molar-refractivity contribution in [1.82, 2.24) is 4.72 Å². The van der Waals surface area contributed by atoms with E-state index in [2.05, 4.69) is 4.72 Å². The third-order valence-corrected chi connectivity index (χ3v) is 6.86. The van der Waals surface area contributed by atoms with Crippen LogP contribution in [0.1, 0.15) is 54.9 Å². The molecule has 1 N–H and O–H groups in total. The summed E-state index contributed by atoms with van der Waals surface area (Å²) in [4.78, 5) is 0. The van der Waals surface area contributed by atoms with Gasteiger partial charge < -0.3 is 18.6 Å². The maximum Gasteiger partial charge on any atom is 0.480 e. The Hall–Kier alpha value is -0.505. The van der Waals surface area contributed by atoms with Crippen molar-refractivity contribution in [3.63, 3.8) is 0 Å². The normalized spacial score (nSPS) is 20.9. The zero-order chi connectivity index (χ0) is 21.3. The van der Waals surface area contributed by atoms with E-state index in [9.17, 15) is 8.94 Å². The number of ether oxygens (including phenoxy) is 1. The lowest BCUT2D eigenvalue weighted by atomic mass is 9.77. The third kappa shape index (κ3) is 5.77. The summed E-state index contributed by atoms with van der Waals surface area (Å²) in [6.45, 7) is 13.7. The molecule has 0 amide bonds. The van der Waals surface area contributed by atoms with Crippen LogP contribution in [0.4, 0.5) is 4.39 Å². The Morgan fingerprint density at radius 2 is 1.82 bits per heavy atom. The molecule has 1 aliphatic heterocycles. The smallest absolute Gasteiger partial charge is 0.480 e. The largest absolute Gasteiger partial charge is 0.598 e. The van der Waals surface area contributed by atoms with Crippen LogP contribution in [0.5, 0.6) is 5.75 Å². The van der Waals surface area contributed by atoms with Crippen molar-refractivity contribution in [2.45, 2.75) is 76.8 Å². The van der Waals surface area contributed by atoms with Gasteiger partial charge in [-0.3, -0.25) is 0 Å². The topological polar surface area (TPSA) is 62.8 Å². The fourth-order valence-corrected chi connectivity index (χ4v) is 3.52. The first kappa shape index (κ1) is 23.8. The number of rotatable bonds is 7. The molecule has 2 atom stereocenters. The quantitative estimate of drug-likeness (QED) is 0.513. The molecule has 158 valence electrons. The molecule has 0 aliphatic carbocycles. The van der Waals surface area contributed by atoms with Crippen molar-refractivity contribution in [2.24, 2.45) is 0 Å². The van der Waals surface area contributed by atoms with E-state index in [1.165, 1.54) is 12.1 Å². The van der Waals surface area contributed by atoms with Crippen molar-refractivity contribution in [3.05, 3.63) is 29.0 Å². The Bertz CT molecular complexity index is 670. The molecule has 1 heterocycles. The Balaban J connectivity index is 2.08. The summed E-state index contributed by atoms with van der Waals surface area (Å²) >= 11 is 4.44. The summed E-state index contributed by atoms with van der Waals surface area (Å²) in [5.74, 6) is -0.795. The molecule has 0 aromatic heterocycles. The van der Waals surface area contributed by atoms with Gasteiger partial charge in [0.15, 0.2) is 11.6 Å². The van der Waals surface area contributed by atoms with Gasteiger partial charge in [-0.05, 0) is 73.1 Å². The van der Waals surface area contributed by atoms with Gasteiger partial charge in [0.05, 0.1) is 23.8 Å². The molecule has 1 aromatic rings. The predicted octanol–water partition coefficient (Wildman–Crippen LogP) is 4.30. The molecule has 0 saturated carbocycles. The maximum atomic E-state index is 13.9. The number of nitrogens with one attached hydrogen (secondary N) is 1. The summed E-state index contributed by atoms with van der Waals surface area (Å²) in [7, 11) is -0.602. The number of hydrogen-bond donors (Lipinski definition) is 1.